The number of hydrogen-bond acceptors (Lipinski definition) is 5. The van der Waals surface area contributed by atoms with Crippen LogP contribution >= 0.6 is 46.6 Å². The first-order valence-corrected chi connectivity index (χ1v) is 13.2. The Kier molecular flexibility index (Phi) is 9.06. The Labute approximate surface area is 239 Å². The second-order valence-corrected chi connectivity index (χ2v) is 10.1. The van der Waals surface area contributed by atoms with Crippen molar-refractivity contribution in [1.29, 1.82) is 0 Å². The predicted octanol–water partition coefficient (Wildman–Crippen LogP) is 6.91. The third-order valence-corrected chi connectivity index (χ3v) is 7.20. The summed E-state index contributed by atoms with van der Waals surface area (Å²) in [7, 11) is 0. The zero-order valence-corrected chi connectivity index (χ0v) is 22.7. The largest absolute Gasteiger partial charge is 0.416 e. The zero-order chi connectivity index (χ0) is 28.2. The summed E-state index contributed by atoms with van der Waals surface area (Å²) in [6.45, 7) is -0.00638. The second kappa shape index (κ2) is 12.3. The van der Waals surface area contributed by atoms with Gasteiger partial charge in [-0.2, -0.15) is 13.2 Å². The molecule has 0 aliphatic heterocycles. The first-order chi connectivity index (χ1) is 18.5. The molecule has 4 aromatic rings. The number of nitrogens with one attached hydrogen (secondary N) is 2. The summed E-state index contributed by atoms with van der Waals surface area (Å²) in [6.07, 6.45) is -4.60. The summed E-state index contributed by atoms with van der Waals surface area (Å²) in [5.74, 6) is -0.848. The molecule has 4 rings (SSSR count). The molecule has 0 saturated carbocycles. The first kappa shape index (κ1) is 28.8. The highest BCUT2D eigenvalue weighted by Gasteiger charge is 2.31. The Morgan fingerprint density at radius 2 is 1.62 bits per heavy atom. The number of nitrogens with zero attached hydrogens (tertiary/aromatic N) is 3. The normalized spacial score (nSPS) is 11.3. The molecule has 0 saturated heterocycles. The molecular formula is C25H17Cl3F3N5O2S. The number of carbonyl (C=O) groups excluding carboxylic acids is 2. The molecular weight excluding hydrogens is 598 g/mol. The average Bonchev–Trinajstić information content (AvgIpc) is 3.31. The van der Waals surface area contributed by atoms with E-state index in [2.05, 4.69) is 20.8 Å². The number of carbonyl (C=O) groups is 2. The molecule has 7 nitrogen and oxygen atoms in total. The minimum absolute atomic E-state index is 0.00638. The van der Waals surface area contributed by atoms with Crippen molar-refractivity contribution in [2.75, 3.05) is 11.1 Å². The van der Waals surface area contributed by atoms with Crippen molar-refractivity contribution < 1.29 is 22.8 Å². The molecule has 3 aromatic carbocycles. The van der Waals surface area contributed by atoms with Crippen LogP contribution in [-0.2, 0) is 17.5 Å². The van der Waals surface area contributed by atoms with E-state index < -0.39 is 17.6 Å². The molecule has 0 radical (unpaired) electrons. The van der Waals surface area contributed by atoms with Crippen molar-refractivity contribution in [2.45, 2.75) is 17.9 Å². The van der Waals surface area contributed by atoms with Gasteiger partial charge in [-0.3, -0.25) is 14.2 Å². The summed E-state index contributed by atoms with van der Waals surface area (Å²) in [5, 5.41) is 14.2. The lowest BCUT2D eigenvalue weighted by molar-refractivity contribution is -0.137. The van der Waals surface area contributed by atoms with Gasteiger partial charge in [0.15, 0.2) is 11.0 Å². The maximum atomic E-state index is 13.1. The van der Waals surface area contributed by atoms with Gasteiger partial charge in [0, 0.05) is 5.56 Å². The Morgan fingerprint density at radius 1 is 0.897 bits per heavy atom. The van der Waals surface area contributed by atoms with Crippen molar-refractivity contribution in [3.05, 3.63) is 98.7 Å². The highest BCUT2D eigenvalue weighted by molar-refractivity contribution is 7.99. The van der Waals surface area contributed by atoms with Crippen LogP contribution in [-0.4, -0.2) is 32.3 Å². The van der Waals surface area contributed by atoms with Crippen LogP contribution in [0.15, 0.2) is 71.9 Å². The fourth-order valence-corrected chi connectivity index (χ4v) is 4.58. The molecule has 0 bridgehead atoms. The van der Waals surface area contributed by atoms with Crippen LogP contribution in [0.25, 0.3) is 5.69 Å². The van der Waals surface area contributed by atoms with Gasteiger partial charge in [-0.1, -0.05) is 64.8 Å². The van der Waals surface area contributed by atoms with Crippen LogP contribution in [0.2, 0.25) is 15.1 Å². The van der Waals surface area contributed by atoms with Crippen molar-refractivity contribution in [3.8, 4) is 5.69 Å². The van der Waals surface area contributed by atoms with E-state index in [0.29, 0.717) is 22.1 Å². The predicted molar refractivity (Wildman–Crippen MR) is 145 cm³/mol. The van der Waals surface area contributed by atoms with Gasteiger partial charge in [-0.05, 0) is 48.5 Å². The van der Waals surface area contributed by atoms with Crippen molar-refractivity contribution in [1.82, 2.24) is 20.1 Å². The van der Waals surface area contributed by atoms with Crippen molar-refractivity contribution >= 4 is 64.1 Å². The van der Waals surface area contributed by atoms with Crippen LogP contribution in [0.3, 0.4) is 0 Å². The van der Waals surface area contributed by atoms with E-state index in [1.807, 2.05) is 0 Å². The summed E-state index contributed by atoms with van der Waals surface area (Å²) in [6, 6.07) is 16.0. The standard InChI is InChI=1S/C25H17Cl3F3N5O2S/c26-17-9-7-16(11-19(17)28)36-21(12-32-23(38)14-4-2-1-3-5-14)34-35-24(36)39-13-22(37)33-20-10-15(25(29,30)31)6-8-18(20)27/h1-11H,12-13H2,(H,32,38)(H,33,37). The number of amides is 2. The molecule has 0 spiro atoms. The monoisotopic (exact) mass is 613 g/mol. The number of thioether (sulfide) groups is 1. The number of alkyl halides is 3. The molecule has 1 aromatic heterocycles. The number of halogens is 6. The fraction of sp³-hybridized carbons (Fsp3) is 0.120. The summed E-state index contributed by atoms with van der Waals surface area (Å²) in [5.41, 5.74) is -0.149. The first-order valence-electron chi connectivity index (χ1n) is 11.1. The van der Waals surface area contributed by atoms with E-state index in [4.69, 9.17) is 34.8 Å². The Hall–Kier alpha value is -3.25. The van der Waals surface area contributed by atoms with Crippen LogP contribution in [0.4, 0.5) is 18.9 Å². The molecule has 0 aliphatic carbocycles. The summed E-state index contributed by atoms with van der Waals surface area (Å²) < 4.78 is 40.8. The van der Waals surface area contributed by atoms with Crippen LogP contribution in [0, 0.1) is 0 Å². The van der Waals surface area contributed by atoms with Gasteiger partial charge in [-0.15, -0.1) is 10.2 Å². The Morgan fingerprint density at radius 3 is 2.31 bits per heavy atom. The highest BCUT2D eigenvalue weighted by atomic mass is 35.5. The van der Waals surface area contributed by atoms with E-state index in [-0.39, 0.29) is 39.1 Å². The lowest BCUT2D eigenvalue weighted by Crippen LogP contribution is -2.24. The molecule has 0 aliphatic rings. The van der Waals surface area contributed by atoms with Gasteiger partial charge in [0.1, 0.15) is 0 Å². The lowest BCUT2D eigenvalue weighted by Gasteiger charge is -2.13. The van der Waals surface area contributed by atoms with Gasteiger partial charge in [0.25, 0.3) is 5.91 Å². The quantitative estimate of drug-likeness (QED) is 0.211. The number of aromatic nitrogens is 3. The summed E-state index contributed by atoms with van der Waals surface area (Å²) in [4.78, 5) is 25.1. The molecule has 0 unspecified atom stereocenters. The van der Waals surface area contributed by atoms with E-state index in [0.717, 1.165) is 30.0 Å². The summed E-state index contributed by atoms with van der Waals surface area (Å²) >= 11 is 19.2. The SMILES string of the molecule is O=C(CSc1nnc(CNC(=O)c2ccccc2)n1-c1ccc(Cl)c(Cl)c1)Nc1cc(C(F)(F)F)ccc1Cl. The Balaban J connectivity index is 1.53. The van der Waals surface area contributed by atoms with Crippen molar-refractivity contribution in [2.24, 2.45) is 0 Å². The van der Waals surface area contributed by atoms with Gasteiger partial charge < -0.3 is 10.6 Å². The fourth-order valence-electron chi connectivity index (χ4n) is 3.36. The second-order valence-electron chi connectivity index (χ2n) is 7.91. The number of benzene rings is 3. The van der Waals surface area contributed by atoms with Gasteiger partial charge >= 0.3 is 6.18 Å². The molecule has 2 N–H and O–H groups in total. The maximum Gasteiger partial charge on any atom is 0.416 e. The molecule has 202 valence electrons. The third-order valence-electron chi connectivity index (χ3n) is 5.20. The minimum Gasteiger partial charge on any atom is -0.345 e. The number of anilines is 1. The van der Waals surface area contributed by atoms with Gasteiger partial charge in [0.2, 0.25) is 5.91 Å². The highest BCUT2D eigenvalue weighted by Crippen LogP contribution is 2.34. The third kappa shape index (κ3) is 7.24. The van der Waals surface area contributed by atoms with Crippen LogP contribution in [0.5, 0.6) is 0 Å². The Bertz CT molecular complexity index is 1520. The number of hydrogen-bond donors (Lipinski definition) is 2. The smallest absolute Gasteiger partial charge is 0.345 e. The topological polar surface area (TPSA) is 88.9 Å². The molecule has 0 atom stereocenters. The average molecular weight is 615 g/mol. The van der Waals surface area contributed by atoms with Crippen LogP contribution < -0.4 is 10.6 Å². The van der Waals surface area contributed by atoms with E-state index >= 15 is 0 Å². The zero-order valence-electron chi connectivity index (χ0n) is 19.6. The van der Waals surface area contributed by atoms with Gasteiger partial charge in [-0.25, -0.2) is 0 Å². The molecule has 2 amide bonds. The minimum atomic E-state index is -4.60. The van der Waals surface area contributed by atoms with E-state index in [1.165, 1.54) is 0 Å². The maximum absolute atomic E-state index is 13.1. The molecule has 39 heavy (non-hydrogen) atoms. The van der Waals surface area contributed by atoms with Crippen molar-refractivity contribution in [3.63, 3.8) is 0 Å². The van der Waals surface area contributed by atoms with E-state index in [1.54, 1.807) is 53.1 Å². The van der Waals surface area contributed by atoms with Crippen LogP contribution in [0.1, 0.15) is 21.7 Å². The molecule has 0 fully saturated rings. The lowest BCUT2D eigenvalue weighted by atomic mass is 10.2. The van der Waals surface area contributed by atoms with Gasteiger partial charge in [0.05, 0.1) is 44.3 Å². The molecule has 14 heteroatoms. The number of rotatable bonds is 8. The van der Waals surface area contributed by atoms with E-state index in [9.17, 15) is 22.8 Å². The molecule has 1 heterocycles.